The lowest BCUT2D eigenvalue weighted by Gasteiger charge is -2.48. The third-order valence-electron chi connectivity index (χ3n) is 7.12. The Morgan fingerprint density at radius 2 is 1.73 bits per heavy atom. The second-order valence-electron chi connectivity index (χ2n) is 9.97. The van der Waals surface area contributed by atoms with Gasteiger partial charge in [-0.15, -0.1) is 0 Å². The monoisotopic (exact) mass is 604 g/mol. The molecule has 5 atom stereocenters. The van der Waals surface area contributed by atoms with Gasteiger partial charge in [0.25, 0.3) is 10.1 Å². The molecule has 0 amide bonds. The molecule has 3 aromatic carbocycles. The summed E-state index contributed by atoms with van der Waals surface area (Å²) >= 11 is 6.52. The molecular formula is C30H33ClO9S. The van der Waals surface area contributed by atoms with E-state index in [2.05, 4.69) is 6.58 Å². The predicted octanol–water partition coefficient (Wildman–Crippen LogP) is 3.57. The lowest BCUT2D eigenvalue weighted by atomic mass is 9.85. The topological polar surface area (TPSA) is 143 Å². The van der Waals surface area contributed by atoms with E-state index in [9.17, 15) is 28.3 Å². The highest BCUT2D eigenvalue weighted by molar-refractivity contribution is 7.85. The molecule has 0 spiro atoms. The highest BCUT2D eigenvalue weighted by Gasteiger charge is 2.55. The standard InChI is InChI=1S/C30H33ClO9S/c1-4-13-39-23-9-6-19(7-10-23)15-20-16-22(8-11-24(20)31)30(38-3)29(34)28(33)27(32)25(40-30)17-21-14-18(2)5-12-26(21)41(35,36)37/h4-12,14,16,25,27-29,32-34H,1,13,15,17H2,2-3H3,(H,35,36,37)/t25-,27-,28+,29-,30+/m1/s1. The molecule has 0 aromatic heterocycles. The summed E-state index contributed by atoms with van der Waals surface area (Å²) < 4.78 is 51.2. The van der Waals surface area contributed by atoms with Crippen LogP contribution in [-0.4, -0.2) is 66.4 Å². The van der Waals surface area contributed by atoms with Gasteiger partial charge in [-0.05, 0) is 60.4 Å². The molecule has 4 rings (SSSR count). The summed E-state index contributed by atoms with van der Waals surface area (Å²) in [4.78, 5) is -0.350. The molecule has 220 valence electrons. The average molecular weight is 605 g/mol. The Balaban J connectivity index is 1.68. The molecule has 3 aromatic rings. The van der Waals surface area contributed by atoms with Gasteiger partial charge in [-0.2, -0.15) is 8.42 Å². The van der Waals surface area contributed by atoms with Gasteiger partial charge >= 0.3 is 0 Å². The zero-order chi connectivity index (χ0) is 29.9. The van der Waals surface area contributed by atoms with Crippen LogP contribution in [0.25, 0.3) is 0 Å². The number of benzene rings is 3. The van der Waals surface area contributed by atoms with Crippen molar-refractivity contribution in [2.24, 2.45) is 0 Å². The molecule has 0 saturated carbocycles. The van der Waals surface area contributed by atoms with E-state index in [1.54, 1.807) is 37.3 Å². The third-order valence-corrected chi connectivity index (χ3v) is 8.45. The van der Waals surface area contributed by atoms with E-state index in [1.165, 1.54) is 19.2 Å². The molecule has 4 N–H and O–H groups in total. The Morgan fingerprint density at radius 3 is 2.37 bits per heavy atom. The molecule has 11 heteroatoms. The van der Waals surface area contributed by atoms with Crippen LogP contribution in [0.15, 0.2) is 78.2 Å². The van der Waals surface area contributed by atoms with E-state index in [-0.39, 0.29) is 16.9 Å². The number of hydrogen-bond acceptors (Lipinski definition) is 8. The van der Waals surface area contributed by atoms with Gasteiger partial charge in [-0.25, -0.2) is 0 Å². The Hall–Kier alpha value is -2.80. The van der Waals surface area contributed by atoms with Crippen LogP contribution in [-0.2, 0) is 38.2 Å². The fraction of sp³-hybridized carbons (Fsp3) is 0.333. The first-order valence-electron chi connectivity index (χ1n) is 12.9. The van der Waals surface area contributed by atoms with Crippen LogP contribution in [0.3, 0.4) is 0 Å². The normalized spacial score (nSPS) is 24.7. The number of aryl methyl sites for hydroxylation is 1. The van der Waals surface area contributed by atoms with Crippen molar-refractivity contribution < 1.29 is 42.5 Å². The highest BCUT2D eigenvalue weighted by Crippen LogP contribution is 2.41. The largest absolute Gasteiger partial charge is 0.490 e. The van der Waals surface area contributed by atoms with Crippen molar-refractivity contribution in [3.63, 3.8) is 0 Å². The van der Waals surface area contributed by atoms with Crippen molar-refractivity contribution in [2.75, 3.05) is 13.7 Å². The van der Waals surface area contributed by atoms with Gasteiger partial charge in [-0.3, -0.25) is 4.55 Å². The Morgan fingerprint density at radius 1 is 1.02 bits per heavy atom. The second-order valence-corrected chi connectivity index (χ2v) is 11.8. The van der Waals surface area contributed by atoms with Gasteiger partial charge in [0.15, 0.2) is 0 Å². The zero-order valence-corrected chi connectivity index (χ0v) is 24.2. The summed E-state index contributed by atoms with van der Waals surface area (Å²) in [6.07, 6.45) is -4.40. The van der Waals surface area contributed by atoms with Crippen LogP contribution in [0.5, 0.6) is 5.75 Å². The molecule has 0 radical (unpaired) electrons. The number of hydrogen-bond donors (Lipinski definition) is 4. The number of aliphatic hydroxyl groups is 3. The van der Waals surface area contributed by atoms with Crippen LogP contribution in [0, 0.1) is 6.92 Å². The molecule has 1 heterocycles. The zero-order valence-electron chi connectivity index (χ0n) is 22.6. The second kappa shape index (κ2) is 12.6. The summed E-state index contributed by atoms with van der Waals surface area (Å²) in [5.74, 6) is -1.25. The Labute approximate surface area is 244 Å². The summed E-state index contributed by atoms with van der Waals surface area (Å²) in [5, 5.41) is 33.3. The van der Waals surface area contributed by atoms with Crippen LogP contribution in [0.4, 0.5) is 0 Å². The van der Waals surface area contributed by atoms with E-state index in [0.717, 1.165) is 5.56 Å². The van der Waals surface area contributed by atoms with Gasteiger partial charge in [-0.1, -0.05) is 60.2 Å². The lowest BCUT2D eigenvalue weighted by Crippen LogP contribution is -2.63. The first-order valence-corrected chi connectivity index (χ1v) is 14.7. The minimum Gasteiger partial charge on any atom is -0.490 e. The van der Waals surface area contributed by atoms with Gasteiger partial charge < -0.3 is 29.5 Å². The molecule has 41 heavy (non-hydrogen) atoms. The summed E-state index contributed by atoms with van der Waals surface area (Å²) in [6.45, 7) is 5.76. The van der Waals surface area contributed by atoms with Crippen molar-refractivity contribution >= 4 is 21.7 Å². The number of halogens is 1. The lowest BCUT2D eigenvalue weighted by molar-refractivity contribution is -0.363. The first kappa shape index (κ1) is 31.1. The first-order chi connectivity index (χ1) is 19.4. The average Bonchev–Trinajstić information content (AvgIpc) is 2.93. The maximum atomic E-state index is 12.0. The van der Waals surface area contributed by atoms with E-state index in [1.807, 2.05) is 24.3 Å². The fourth-order valence-corrected chi connectivity index (χ4v) is 5.92. The summed E-state index contributed by atoms with van der Waals surface area (Å²) in [6, 6.07) is 16.7. The highest BCUT2D eigenvalue weighted by atomic mass is 35.5. The smallest absolute Gasteiger partial charge is 0.294 e. The molecule has 0 aliphatic carbocycles. The van der Waals surface area contributed by atoms with Gasteiger partial charge in [0.2, 0.25) is 5.79 Å². The third kappa shape index (κ3) is 6.66. The molecule has 0 bridgehead atoms. The SMILES string of the molecule is C=CCOc1ccc(Cc2cc([C@]3(OC)O[C@H](Cc4cc(C)ccc4S(=O)(=O)O)[C@@H](O)[C@H](O)[C@H]3O)ccc2Cl)cc1. The van der Waals surface area contributed by atoms with Crippen molar-refractivity contribution in [1.29, 1.82) is 0 Å². The van der Waals surface area contributed by atoms with E-state index < -0.39 is 40.3 Å². The summed E-state index contributed by atoms with van der Waals surface area (Å²) in [5.41, 5.74) is 2.81. The fourth-order valence-electron chi connectivity index (χ4n) is 5.03. The van der Waals surface area contributed by atoms with E-state index in [4.69, 9.17) is 25.8 Å². The number of ether oxygens (including phenoxy) is 3. The molecule has 9 nitrogen and oxygen atoms in total. The molecule has 1 fully saturated rings. The van der Waals surface area contributed by atoms with E-state index >= 15 is 0 Å². The number of methoxy groups -OCH3 is 1. The predicted molar refractivity (Wildman–Crippen MR) is 153 cm³/mol. The molecule has 0 unspecified atom stereocenters. The van der Waals surface area contributed by atoms with Crippen LogP contribution in [0.2, 0.25) is 5.02 Å². The van der Waals surface area contributed by atoms with Gasteiger partial charge in [0.05, 0.1) is 11.0 Å². The number of rotatable bonds is 10. The molecule has 1 saturated heterocycles. The Kier molecular flexibility index (Phi) is 9.57. The van der Waals surface area contributed by atoms with Crippen molar-refractivity contribution in [3.8, 4) is 5.75 Å². The minimum atomic E-state index is -4.58. The Bertz CT molecular complexity index is 1490. The molecule has 1 aliphatic heterocycles. The van der Waals surface area contributed by atoms with Crippen LogP contribution < -0.4 is 4.74 Å². The molecular weight excluding hydrogens is 572 g/mol. The van der Waals surface area contributed by atoms with Crippen molar-refractivity contribution in [2.45, 2.75) is 54.9 Å². The van der Waals surface area contributed by atoms with Crippen LogP contribution >= 0.6 is 11.6 Å². The maximum Gasteiger partial charge on any atom is 0.294 e. The number of aliphatic hydroxyl groups excluding tert-OH is 3. The minimum absolute atomic E-state index is 0.169. The van der Waals surface area contributed by atoms with Gasteiger partial charge in [0, 0.05) is 24.1 Å². The van der Waals surface area contributed by atoms with Gasteiger partial charge in [0.1, 0.15) is 30.7 Å². The quantitative estimate of drug-likeness (QED) is 0.202. The molecule has 1 aliphatic rings. The summed E-state index contributed by atoms with van der Waals surface area (Å²) in [7, 11) is -3.30. The maximum absolute atomic E-state index is 12.0. The van der Waals surface area contributed by atoms with Crippen molar-refractivity contribution in [3.05, 3.63) is 106 Å². The van der Waals surface area contributed by atoms with E-state index in [0.29, 0.717) is 40.5 Å². The van der Waals surface area contributed by atoms with Crippen LogP contribution in [0.1, 0.15) is 27.8 Å². The van der Waals surface area contributed by atoms with Crippen molar-refractivity contribution in [1.82, 2.24) is 0 Å².